The van der Waals surface area contributed by atoms with Crippen molar-refractivity contribution in [1.82, 2.24) is 10.2 Å². The van der Waals surface area contributed by atoms with Gasteiger partial charge in [-0.2, -0.15) is 0 Å². The second-order valence-electron chi connectivity index (χ2n) is 11.2. The zero-order valence-electron chi connectivity index (χ0n) is 24.8. The van der Waals surface area contributed by atoms with Crippen LogP contribution in [0.15, 0.2) is 85.5 Å². The first kappa shape index (κ1) is 30.9. The molecule has 0 aromatic heterocycles. The summed E-state index contributed by atoms with van der Waals surface area (Å²) in [6.07, 6.45) is 3.51. The molecule has 4 atom stereocenters. The maximum atomic E-state index is 11.8. The van der Waals surface area contributed by atoms with Gasteiger partial charge in [0.1, 0.15) is 6.61 Å². The fourth-order valence-corrected chi connectivity index (χ4v) is 5.86. The Morgan fingerprint density at radius 2 is 1.84 bits per heavy atom. The van der Waals surface area contributed by atoms with E-state index < -0.39 is 12.4 Å². The van der Waals surface area contributed by atoms with Crippen LogP contribution < -0.4 is 5.32 Å². The minimum Gasteiger partial charge on any atom is -0.445 e. The summed E-state index contributed by atoms with van der Waals surface area (Å²) in [6.45, 7) is 6.74. The zero-order valence-corrected chi connectivity index (χ0v) is 24.8. The predicted octanol–water partition coefficient (Wildman–Crippen LogP) is 5.91. The summed E-state index contributed by atoms with van der Waals surface area (Å²) in [5.41, 5.74) is 6.01. The Kier molecular flexibility index (Phi) is 11.0. The van der Waals surface area contributed by atoms with Gasteiger partial charge in [0.15, 0.2) is 6.29 Å². The molecule has 2 saturated heterocycles. The van der Waals surface area contributed by atoms with E-state index in [4.69, 9.17) is 18.9 Å². The van der Waals surface area contributed by atoms with Crippen LogP contribution in [-0.2, 0) is 32.1 Å². The summed E-state index contributed by atoms with van der Waals surface area (Å²) < 4.78 is 23.6. The van der Waals surface area contributed by atoms with Crippen molar-refractivity contribution in [2.24, 2.45) is 0 Å². The third-order valence-electron chi connectivity index (χ3n) is 8.12. The molecule has 2 aliphatic heterocycles. The standard InChI is InChI=1S/C35H42N2O6/c1-3-18-41-35(39)36-21-26-6-4-7-30(19-26)27-13-15-29(16-14-27)34-42-32(22-37-17-5-8-31(37)24-40-2)20-33(43-34)28-11-9-25(23-38)10-12-28/h3-4,6-7,9-16,19,31-34,38H,1,5,8,17-18,20-24H2,2H3,(H,36,39)/t31-,32-,33+,34+/m0/s1. The molecule has 3 aromatic carbocycles. The molecule has 0 bridgehead atoms. The van der Waals surface area contributed by atoms with Gasteiger partial charge in [-0.15, -0.1) is 0 Å². The fourth-order valence-electron chi connectivity index (χ4n) is 5.86. The molecule has 2 N–H and O–H groups in total. The Morgan fingerprint density at radius 1 is 1.05 bits per heavy atom. The molecule has 0 radical (unpaired) electrons. The van der Waals surface area contributed by atoms with E-state index in [1.807, 2.05) is 36.4 Å². The minimum absolute atomic E-state index is 0.000697. The number of aliphatic hydroxyl groups is 1. The highest BCUT2D eigenvalue weighted by Gasteiger charge is 2.35. The van der Waals surface area contributed by atoms with Gasteiger partial charge in [-0.3, -0.25) is 4.90 Å². The molecule has 2 aliphatic rings. The molecule has 2 fully saturated rings. The van der Waals surface area contributed by atoms with Crippen LogP contribution >= 0.6 is 0 Å². The van der Waals surface area contributed by atoms with Gasteiger partial charge in [-0.05, 0) is 53.3 Å². The Labute approximate surface area is 254 Å². The Morgan fingerprint density at radius 3 is 2.58 bits per heavy atom. The third-order valence-corrected chi connectivity index (χ3v) is 8.12. The second kappa shape index (κ2) is 15.3. The lowest BCUT2D eigenvalue weighted by molar-refractivity contribution is -0.253. The zero-order chi connectivity index (χ0) is 30.0. The van der Waals surface area contributed by atoms with E-state index in [0.29, 0.717) is 12.6 Å². The molecule has 8 nitrogen and oxygen atoms in total. The number of benzene rings is 3. The first-order valence-electron chi connectivity index (χ1n) is 15.0. The molecule has 5 rings (SSSR count). The molecule has 228 valence electrons. The minimum atomic E-state index is -0.504. The number of methoxy groups -OCH3 is 1. The second-order valence-corrected chi connectivity index (χ2v) is 11.2. The molecule has 3 aromatic rings. The van der Waals surface area contributed by atoms with E-state index in [1.54, 1.807) is 7.11 Å². The number of rotatable bonds is 12. The van der Waals surface area contributed by atoms with Crippen molar-refractivity contribution >= 4 is 6.09 Å². The van der Waals surface area contributed by atoms with Gasteiger partial charge in [-0.25, -0.2) is 4.79 Å². The Hall–Kier alpha value is -3.53. The molecule has 2 heterocycles. The highest BCUT2D eigenvalue weighted by molar-refractivity contribution is 5.68. The molecule has 0 aliphatic carbocycles. The molecule has 0 spiro atoms. The van der Waals surface area contributed by atoms with Crippen molar-refractivity contribution in [3.05, 3.63) is 108 Å². The number of amides is 1. The summed E-state index contributed by atoms with van der Waals surface area (Å²) in [5.74, 6) is 0. The lowest BCUT2D eigenvalue weighted by Gasteiger charge is -2.38. The number of nitrogens with zero attached hydrogens (tertiary/aromatic N) is 1. The van der Waals surface area contributed by atoms with Crippen LogP contribution in [0.4, 0.5) is 4.79 Å². The fraction of sp³-hybridized carbons (Fsp3) is 0.400. The number of hydrogen-bond acceptors (Lipinski definition) is 7. The van der Waals surface area contributed by atoms with Crippen molar-refractivity contribution in [3.8, 4) is 11.1 Å². The highest BCUT2D eigenvalue weighted by Crippen LogP contribution is 2.39. The summed E-state index contributed by atoms with van der Waals surface area (Å²) in [5, 5.41) is 12.3. The SMILES string of the molecule is C=CCOC(=O)NCc1cccc(-c2ccc([C@@H]3O[C@H](CN4CCC[C@H]4COC)C[C@H](c4ccc(CO)cc4)O3)cc2)c1. The largest absolute Gasteiger partial charge is 0.445 e. The number of hydrogen-bond donors (Lipinski definition) is 2. The number of aliphatic hydroxyl groups excluding tert-OH is 1. The van der Waals surface area contributed by atoms with Gasteiger partial charge < -0.3 is 29.4 Å². The predicted molar refractivity (Wildman–Crippen MR) is 165 cm³/mol. The Bertz CT molecular complexity index is 1330. The van der Waals surface area contributed by atoms with E-state index in [1.165, 1.54) is 12.5 Å². The van der Waals surface area contributed by atoms with Gasteiger partial charge in [0.2, 0.25) is 0 Å². The van der Waals surface area contributed by atoms with Crippen LogP contribution in [0.1, 0.15) is 53.9 Å². The number of nitrogens with one attached hydrogen (secondary N) is 1. The maximum Gasteiger partial charge on any atom is 0.407 e. The maximum absolute atomic E-state index is 11.8. The first-order chi connectivity index (χ1) is 21.1. The first-order valence-corrected chi connectivity index (χ1v) is 15.0. The van der Waals surface area contributed by atoms with Crippen LogP contribution in [0.2, 0.25) is 0 Å². The lowest BCUT2D eigenvalue weighted by Crippen LogP contribution is -2.42. The molecule has 0 unspecified atom stereocenters. The van der Waals surface area contributed by atoms with Gasteiger partial charge in [0.25, 0.3) is 0 Å². The average Bonchev–Trinajstić information content (AvgIpc) is 3.49. The highest BCUT2D eigenvalue weighted by atomic mass is 16.7. The summed E-state index contributed by atoms with van der Waals surface area (Å²) in [6, 6.07) is 24.8. The molecule has 1 amide bonds. The van der Waals surface area contributed by atoms with E-state index in [-0.39, 0.29) is 25.4 Å². The summed E-state index contributed by atoms with van der Waals surface area (Å²) in [4.78, 5) is 14.3. The topological polar surface area (TPSA) is 89.5 Å². The van der Waals surface area contributed by atoms with Crippen molar-refractivity contribution in [3.63, 3.8) is 0 Å². The van der Waals surface area contributed by atoms with Crippen LogP contribution in [0.3, 0.4) is 0 Å². The Balaban J connectivity index is 1.30. The van der Waals surface area contributed by atoms with Crippen molar-refractivity contribution in [1.29, 1.82) is 0 Å². The van der Waals surface area contributed by atoms with E-state index in [2.05, 4.69) is 53.2 Å². The van der Waals surface area contributed by atoms with Crippen LogP contribution in [0.5, 0.6) is 0 Å². The van der Waals surface area contributed by atoms with Crippen LogP contribution in [-0.4, -0.2) is 61.7 Å². The smallest absolute Gasteiger partial charge is 0.407 e. The monoisotopic (exact) mass is 586 g/mol. The van der Waals surface area contributed by atoms with E-state index in [9.17, 15) is 9.90 Å². The molecule has 0 saturated carbocycles. The molecular formula is C35H42N2O6. The number of carbonyl (C=O) groups excluding carboxylic acids is 1. The van der Waals surface area contributed by atoms with E-state index >= 15 is 0 Å². The average molecular weight is 587 g/mol. The number of alkyl carbamates (subject to hydrolysis) is 1. The number of carbonyl (C=O) groups is 1. The normalized spacial score (nSPS) is 22.3. The van der Waals surface area contributed by atoms with Crippen molar-refractivity contribution in [2.75, 3.05) is 33.4 Å². The van der Waals surface area contributed by atoms with Gasteiger partial charge in [0.05, 0.1) is 25.4 Å². The number of ether oxygens (including phenoxy) is 4. The summed E-state index contributed by atoms with van der Waals surface area (Å²) >= 11 is 0. The van der Waals surface area contributed by atoms with Gasteiger partial charge in [-0.1, -0.05) is 79.4 Å². The third kappa shape index (κ3) is 8.31. The lowest BCUT2D eigenvalue weighted by atomic mass is 9.99. The number of likely N-dealkylation sites (tertiary alicyclic amines) is 1. The molecular weight excluding hydrogens is 544 g/mol. The summed E-state index contributed by atoms with van der Waals surface area (Å²) in [7, 11) is 1.77. The quantitative estimate of drug-likeness (QED) is 0.255. The van der Waals surface area contributed by atoms with Gasteiger partial charge >= 0.3 is 6.09 Å². The van der Waals surface area contributed by atoms with Crippen molar-refractivity contribution in [2.45, 2.75) is 57.0 Å². The van der Waals surface area contributed by atoms with Gasteiger partial charge in [0, 0.05) is 38.2 Å². The van der Waals surface area contributed by atoms with E-state index in [0.717, 1.165) is 65.9 Å². The van der Waals surface area contributed by atoms with Crippen molar-refractivity contribution < 1.29 is 28.8 Å². The molecule has 8 heteroatoms. The van der Waals surface area contributed by atoms with Crippen LogP contribution in [0.25, 0.3) is 11.1 Å². The van der Waals surface area contributed by atoms with Crippen LogP contribution in [0, 0.1) is 0 Å². The molecule has 43 heavy (non-hydrogen) atoms.